The van der Waals surface area contributed by atoms with Crippen LogP contribution in [-0.2, 0) is 0 Å². The molecule has 3 aromatic carbocycles. The number of rotatable bonds is 2. The summed E-state index contributed by atoms with van der Waals surface area (Å²) < 4.78 is 0. The van der Waals surface area contributed by atoms with E-state index in [1.165, 1.54) is 21.7 Å². The zero-order valence-corrected chi connectivity index (χ0v) is 19.5. The molecule has 0 radical (unpaired) electrons. The van der Waals surface area contributed by atoms with Crippen molar-refractivity contribution in [1.82, 2.24) is 4.90 Å². The third-order valence-corrected chi connectivity index (χ3v) is 7.72. The Kier molecular flexibility index (Phi) is 5.94. The van der Waals surface area contributed by atoms with Crippen molar-refractivity contribution in [3.8, 4) is 0 Å². The van der Waals surface area contributed by atoms with Gasteiger partial charge in [-0.15, -0.1) is 11.8 Å². The number of hydrogen-bond acceptors (Lipinski definition) is 3. The van der Waals surface area contributed by atoms with Crippen molar-refractivity contribution in [2.45, 2.75) is 10.1 Å². The van der Waals surface area contributed by atoms with E-state index in [0.29, 0.717) is 0 Å². The first kappa shape index (κ1) is 20.8. The molecule has 2 nitrogen and oxygen atoms in total. The van der Waals surface area contributed by atoms with Gasteiger partial charge in [-0.2, -0.15) is 0 Å². The lowest BCUT2D eigenvalue weighted by atomic mass is 9.85. The Morgan fingerprint density at radius 3 is 2.35 bits per heavy atom. The predicted octanol–water partition coefficient (Wildman–Crippen LogP) is 7.56. The quantitative estimate of drug-likeness (QED) is 0.388. The molecule has 5 rings (SSSR count). The molecule has 1 fully saturated rings. The van der Waals surface area contributed by atoms with Crippen LogP contribution in [0.1, 0.15) is 16.4 Å². The van der Waals surface area contributed by atoms with E-state index < -0.39 is 0 Å². The van der Waals surface area contributed by atoms with Crippen LogP contribution in [0, 0.1) is 5.92 Å². The molecule has 156 valence electrons. The van der Waals surface area contributed by atoms with E-state index in [-0.39, 0.29) is 11.2 Å². The smallest absolute Gasteiger partial charge is 0.0769 e. The lowest BCUT2D eigenvalue weighted by Gasteiger charge is -2.36. The monoisotopic (exact) mass is 464 g/mol. The minimum absolute atomic E-state index is 0.260. The Balaban J connectivity index is 1.65. The fraction of sp³-hybridized carbons (Fsp3) is 0.192. The number of piperidine rings is 1. The maximum Gasteiger partial charge on any atom is 0.0769 e. The number of thioether (sulfide) groups is 1. The fourth-order valence-electron chi connectivity index (χ4n) is 4.32. The Morgan fingerprint density at radius 2 is 1.61 bits per heavy atom. The molecule has 1 saturated heterocycles. The molecule has 0 bridgehead atoms. The summed E-state index contributed by atoms with van der Waals surface area (Å²) in [5.41, 5.74) is 5.92. The van der Waals surface area contributed by atoms with Crippen LogP contribution in [0.25, 0.3) is 6.08 Å². The summed E-state index contributed by atoms with van der Waals surface area (Å²) in [6.45, 7) is 1.84. The molecular formula is C26H22Cl2N2S. The van der Waals surface area contributed by atoms with Crippen molar-refractivity contribution in [3.05, 3.63) is 99.5 Å². The second-order valence-corrected chi connectivity index (χ2v) is 10.1. The van der Waals surface area contributed by atoms with Crippen LogP contribution in [0.15, 0.2) is 88.3 Å². The SMILES string of the molecule is CN1C/C(=C\c2ccc(Cl)cc2)C2=Nc3ccccc3S[C@@H](c3ccc(Cl)cc3)[C@@H]2C1. The van der Waals surface area contributed by atoms with Crippen molar-refractivity contribution in [2.24, 2.45) is 10.9 Å². The topological polar surface area (TPSA) is 15.6 Å². The first-order chi connectivity index (χ1) is 15.1. The van der Waals surface area contributed by atoms with Crippen LogP contribution in [-0.4, -0.2) is 30.7 Å². The average Bonchev–Trinajstić information content (AvgIpc) is 2.93. The summed E-state index contributed by atoms with van der Waals surface area (Å²) >= 11 is 14.2. The van der Waals surface area contributed by atoms with Gasteiger partial charge in [-0.05, 0) is 66.2 Å². The Hall–Kier alpha value is -2.04. The van der Waals surface area contributed by atoms with Crippen LogP contribution in [0.2, 0.25) is 10.0 Å². The van der Waals surface area contributed by atoms with Crippen molar-refractivity contribution in [2.75, 3.05) is 20.1 Å². The summed E-state index contributed by atoms with van der Waals surface area (Å²) in [6, 6.07) is 24.8. The van der Waals surface area contributed by atoms with Gasteiger partial charge in [-0.1, -0.05) is 59.6 Å². The van der Waals surface area contributed by atoms with E-state index in [2.05, 4.69) is 66.6 Å². The minimum Gasteiger partial charge on any atom is -0.301 e. The predicted molar refractivity (Wildman–Crippen MR) is 134 cm³/mol. The maximum absolute atomic E-state index is 6.19. The molecule has 2 atom stereocenters. The molecule has 0 aromatic heterocycles. The van der Waals surface area contributed by atoms with Gasteiger partial charge in [0.2, 0.25) is 0 Å². The van der Waals surface area contributed by atoms with Crippen LogP contribution >= 0.6 is 35.0 Å². The molecule has 5 heteroatoms. The molecule has 2 heterocycles. The van der Waals surface area contributed by atoms with E-state index in [0.717, 1.165) is 34.4 Å². The van der Waals surface area contributed by atoms with Crippen LogP contribution in [0.3, 0.4) is 0 Å². The Labute approximate surface area is 197 Å². The molecule has 2 aliphatic heterocycles. The molecule has 0 amide bonds. The van der Waals surface area contributed by atoms with E-state index in [9.17, 15) is 0 Å². The lowest BCUT2D eigenvalue weighted by molar-refractivity contribution is 0.315. The summed E-state index contributed by atoms with van der Waals surface area (Å²) in [4.78, 5) is 8.85. The molecular weight excluding hydrogens is 443 g/mol. The second-order valence-electron chi connectivity index (χ2n) is 8.08. The van der Waals surface area contributed by atoms with Gasteiger partial charge in [0.25, 0.3) is 0 Å². The highest BCUT2D eigenvalue weighted by molar-refractivity contribution is 7.99. The number of aliphatic imine (C=N–C) groups is 1. The largest absolute Gasteiger partial charge is 0.301 e. The standard InChI is InChI=1S/C26H22Cl2N2S/c1-30-15-19(14-17-6-10-20(27)11-7-17)25-22(16-30)26(18-8-12-21(28)13-9-18)31-24-5-3-2-4-23(24)29-25/h2-14,22,26H,15-16H2,1H3/b19-14+/t22-,26+/m1/s1. The van der Waals surface area contributed by atoms with Gasteiger partial charge in [-0.25, -0.2) is 0 Å². The summed E-state index contributed by atoms with van der Waals surface area (Å²) in [6.07, 6.45) is 2.26. The molecule has 3 aromatic rings. The number of nitrogens with zero attached hydrogens (tertiary/aromatic N) is 2. The van der Waals surface area contributed by atoms with Gasteiger partial charge in [0.05, 0.1) is 11.4 Å². The first-order valence-corrected chi connectivity index (χ1v) is 12.0. The number of benzene rings is 3. The molecule has 31 heavy (non-hydrogen) atoms. The zero-order chi connectivity index (χ0) is 21.4. The highest BCUT2D eigenvalue weighted by atomic mass is 35.5. The van der Waals surface area contributed by atoms with Gasteiger partial charge in [0.1, 0.15) is 0 Å². The average molecular weight is 465 g/mol. The molecule has 2 aliphatic rings. The molecule has 0 spiro atoms. The fourth-order valence-corrected chi connectivity index (χ4v) is 5.91. The van der Waals surface area contributed by atoms with E-state index >= 15 is 0 Å². The van der Waals surface area contributed by atoms with Crippen LogP contribution in [0.4, 0.5) is 5.69 Å². The maximum atomic E-state index is 6.19. The number of hydrogen-bond donors (Lipinski definition) is 0. The van der Waals surface area contributed by atoms with Crippen molar-refractivity contribution < 1.29 is 0 Å². The second kappa shape index (κ2) is 8.84. The molecule has 0 saturated carbocycles. The number of likely N-dealkylation sites (tertiary alicyclic amines) is 1. The number of halogens is 2. The van der Waals surface area contributed by atoms with Gasteiger partial charge >= 0.3 is 0 Å². The first-order valence-electron chi connectivity index (χ1n) is 10.3. The zero-order valence-electron chi connectivity index (χ0n) is 17.1. The van der Waals surface area contributed by atoms with Crippen molar-refractivity contribution in [1.29, 1.82) is 0 Å². The summed E-state index contributed by atoms with van der Waals surface area (Å²) in [5, 5.41) is 1.78. The summed E-state index contributed by atoms with van der Waals surface area (Å²) in [7, 11) is 2.19. The van der Waals surface area contributed by atoms with Gasteiger partial charge in [0, 0.05) is 39.2 Å². The highest BCUT2D eigenvalue weighted by Crippen LogP contribution is 2.49. The number of para-hydroxylation sites is 1. The summed E-state index contributed by atoms with van der Waals surface area (Å²) in [5.74, 6) is 0.274. The normalized spacial score (nSPS) is 22.4. The number of fused-ring (bicyclic) bond motifs is 2. The highest BCUT2D eigenvalue weighted by Gasteiger charge is 2.37. The third-order valence-electron chi connectivity index (χ3n) is 5.76. The minimum atomic E-state index is 0.260. The van der Waals surface area contributed by atoms with E-state index in [4.69, 9.17) is 28.2 Å². The molecule has 0 unspecified atom stereocenters. The molecule has 0 aliphatic carbocycles. The Morgan fingerprint density at radius 1 is 0.935 bits per heavy atom. The van der Waals surface area contributed by atoms with E-state index in [1.807, 2.05) is 36.0 Å². The van der Waals surface area contributed by atoms with Crippen LogP contribution in [0.5, 0.6) is 0 Å². The van der Waals surface area contributed by atoms with Gasteiger partial charge < -0.3 is 4.90 Å². The van der Waals surface area contributed by atoms with Crippen molar-refractivity contribution in [3.63, 3.8) is 0 Å². The number of likely N-dealkylation sites (N-methyl/N-ethyl adjacent to an activating group) is 1. The lowest BCUT2D eigenvalue weighted by Crippen LogP contribution is -2.42. The molecule has 0 N–H and O–H groups in total. The third kappa shape index (κ3) is 4.47. The van der Waals surface area contributed by atoms with E-state index in [1.54, 1.807) is 0 Å². The Bertz CT molecular complexity index is 1150. The van der Waals surface area contributed by atoms with Gasteiger partial charge in [-0.3, -0.25) is 4.99 Å². The van der Waals surface area contributed by atoms with Gasteiger partial charge in [0.15, 0.2) is 0 Å². The van der Waals surface area contributed by atoms with Crippen LogP contribution < -0.4 is 0 Å². The van der Waals surface area contributed by atoms with Crippen molar-refractivity contribution >= 4 is 52.4 Å².